The second-order valence-electron chi connectivity index (χ2n) is 4.74. The Labute approximate surface area is 109 Å². The van der Waals surface area contributed by atoms with E-state index in [4.69, 9.17) is 5.73 Å². The van der Waals surface area contributed by atoms with E-state index in [1.807, 2.05) is 0 Å². The van der Waals surface area contributed by atoms with Gasteiger partial charge in [-0.1, -0.05) is 12.8 Å². The molecule has 104 valence electrons. The van der Waals surface area contributed by atoms with Gasteiger partial charge < -0.3 is 15.8 Å². The van der Waals surface area contributed by atoms with Crippen LogP contribution in [0.1, 0.15) is 25.7 Å². The Balaban J connectivity index is 1.97. The monoisotopic (exact) mass is 269 g/mol. The zero-order chi connectivity index (χ0) is 14.0. The minimum Gasteiger partial charge on any atom is -0.454 e. The molecule has 19 heavy (non-hydrogen) atoms. The molecule has 1 aliphatic carbocycles. The van der Waals surface area contributed by atoms with E-state index >= 15 is 0 Å². The number of carbonyl (C=O) groups excluding carboxylic acids is 4. The number of nitrogens with two attached hydrogens (primary N) is 1. The molecular weight excluding hydrogens is 254 g/mol. The van der Waals surface area contributed by atoms with E-state index < -0.39 is 42.5 Å². The van der Waals surface area contributed by atoms with Gasteiger partial charge in [-0.25, -0.2) is 4.79 Å². The van der Waals surface area contributed by atoms with Crippen molar-refractivity contribution in [3.63, 3.8) is 0 Å². The molecule has 0 atom stereocenters. The lowest BCUT2D eigenvalue weighted by atomic mass is 9.98. The minimum atomic E-state index is -0.846. The highest BCUT2D eigenvalue weighted by Crippen LogP contribution is 2.34. The third-order valence-electron chi connectivity index (χ3n) is 3.37. The lowest BCUT2D eigenvalue weighted by molar-refractivity contribution is -0.150. The summed E-state index contributed by atoms with van der Waals surface area (Å²) in [5, 5.41) is 2.64. The van der Waals surface area contributed by atoms with Crippen LogP contribution in [0.3, 0.4) is 0 Å². The molecule has 8 heteroatoms. The van der Waals surface area contributed by atoms with Gasteiger partial charge in [0.2, 0.25) is 0 Å². The zero-order valence-corrected chi connectivity index (χ0v) is 10.3. The SMILES string of the molecule is NC(=O)COC(=O)CN1C(=O)NC2(CCCC2)C1=O. The fourth-order valence-electron chi connectivity index (χ4n) is 2.46. The van der Waals surface area contributed by atoms with E-state index in [2.05, 4.69) is 10.1 Å². The van der Waals surface area contributed by atoms with E-state index in [1.54, 1.807) is 0 Å². The predicted octanol–water partition coefficient (Wildman–Crippen LogP) is -1.12. The first-order valence-corrected chi connectivity index (χ1v) is 6.03. The average molecular weight is 269 g/mol. The maximum atomic E-state index is 12.2. The maximum absolute atomic E-state index is 12.2. The van der Waals surface area contributed by atoms with Gasteiger partial charge >= 0.3 is 12.0 Å². The number of nitrogens with one attached hydrogen (secondary N) is 1. The van der Waals surface area contributed by atoms with Gasteiger partial charge in [-0.05, 0) is 12.8 Å². The number of hydrogen-bond acceptors (Lipinski definition) is 5. The van der Waals surface area contributed by atoms with Crippen molar-refractivity contribution in [3.8, 4) is 0 Å². The Kier molecular flexibility index (Phi) is 3.41. The minimum absolute atomic E-state index is 0.397. The van der Waals surface area contributed by atoms with Crippen molar-refractivity contribution in [2.24, 2.45) is 5.73 Å². The molecule has 0 radical (unpaired) electrons. The zero-order valence-electron chi connectivity index (χ0n) is 10.3. The molecule has 3 N–H and O–H groups in total. The number of carbonyl (C=O) groups is 4. The van der Waals surface area contributed by atoms with Crippen LogP contribution in [-0.2, 0) is 19.1 Å². The molecule has 2 fully saturated rings. The Morgan fingerprint density at radius 3 is 2.53 bits per heavy atom. The Morgan fingerprint density at radius 2 is 1.95 bits per heavy atom. The van der Waals surface area contributed by atoms with Gasteiger partial charge in [0.15, 0.2) is 6.61 Å². The summed E-state index contributed by atoms with van der Waals surface area (Å²) >= 11 is 0. The van der Waals surface area contributed by atoms with E-state index in [-0.39, 0.29) is 0 Å². The van der Waals surface area contributed by atoms with Gasteiger partial charge in [0.25, 0.3) is 11.8 Å². The highest BCUT2D eigenvalue weighted by Gasteiger charge is 2.52. The third-order valence-corrected chi connectivity index (χ3v) is 3.37. The number of esters is 1. The molecular formula is C11H15N3O5. The lowest BCUT2D eigenvalue weighted by Crippen LogP contribution is -2.44. The van der Waals surface area contributed by atoms with Gasteiger partial charge in [0.1, 0.15) is 12.1 Å². The van der Waals surface area contributed by atoms with Gasteiger partial charge in [0.05, 0.1) is 0 Å². The van der Waals surface area contributed by atoms with Crippen molar-refractivity contribution in [2.75, 3.05) is 13.2 Å². The molecule has 0 unspecified atom stereocenters. The molecule has 0 aromatic carbocycles. The fraction of sp³-hybridized carbons (Fsp3) is 0.636. The van der Waals surface area contributed by atoms with E-state index in [0.717, 1.165) is 17.7 Å². The Bertz CT molecular complexity index is 442. The second kappa shape index (κ2) is 4.87. The Morgan fingerprint density at radius 1 is 1.32 bits per heavy atom. The molecule has 1 heterocycles. The van der Waals surface area contributed by atoms with E-state index in [1.165, 1.54) is 0 Å². The van der Waals surface area contributed by atoms with Crippen LogP contribution < -0.4 is 11.1 Å². The van der Waals surface area contributed by atoms with Gasteiger partial charge in [0, 0.05) is 0 Å². The first kappa shape index (κ1) is 13.3. The summed E-state index contributed by atoms with van der Waals surface area (Å²) in [7, 11) is 0. The number of amides is 4. The number of primary amides is 1. The molecule has 0 bridgehead atoms. The highest BCUT2D eigenvalue weighted by molar-refractivity contribution is 6.08. The van der Waals surface area contributed by atoms with Crippen LogP contribution in [0.2, 0.25) is 0 Å². The van der Waals surface area contributed by atoms with Crippen LogP contribution in [0.15, 0.2) is 0 Å². The molecule has 8 nitrogen and oxygen atoms in total. The third kappa shape index (κ3) is 2.51. The van der Waals surface area contributed by atoms with Crippen molar-refractivity contribution in [1.82, 2.24) is 10.2 Å². The quantitative estimate of drug-likeness (QED) is 0.495. The number of nitrogens with zero attached hydrogens (tertiary/aromatic N) is 1. The van der Waals surface area contributed by atoms with E-state index in [0.29, 0.717) is 12.8 Å². The molecule has 1 saturated carbocycles. The van der Waals surface area contributed by atoms with Crippen LogP contribution in [0.4, 0.5) is 4.79 Å². The van der Waals surface area contributed by atoms with Crippen molar-refractivity contribution in [1.29, 1.82) is 0 Å². The van der Waals surface area contributed by atoms with Crippen molar-refractivity contribution in [3.05, 3.63) is 0 Å². The molecule has 1 spiro atoms. The first-order valence-electron chi connectivity index (χ1n) is 6.03. The summed E-state index contributed by atoms with van der Waals surface area (Å²) in [5.41, 5.74) is 3.98. The number of rotatable bonds is 4. The van der Waals surface area contributed by atoms with Crippen molar-refractivity contribution < 1.29 is 23.9 Å². The summed E-state index contributed by atoms with van der Waals surface area (Å²) in [4.78, 5) is 46.6. The first-order chi connectivity index (χ1) is 8.94. The van der Waals surface area contributed by atoms with Crippen molar-refractivity contribution in [2.45, 2.75) is 31.2 Å². The molecule has 1 aliphatic heterocycles. The maximum Gasteiger partial charge on any atom is 0.326 e. The van der Waals surface area contributed by atoms with Crippen molar-refractivity contribution >= 4 is 23.8 Å². The van der Waals surface area contributed by atoms with Gasteiger partial charge in [-0.3, -0.25) is 19.3 Å². The summed E-state index contributed by atoms with van der Waals surface area (Å²) in [6, 6.07) is -0.595. The van der Waals surface area contributed by atoms with Gasteiger partial charge in [-0.15, -0.1) is 0 Å². The normalized spacial score (nSPS) is 20.7. The highest BCUT2D eigenvalue weighted by atomic mass is 16.5. The molecule has 0 aromatic heterocycles. The lowest BCUT2D eigenvalue weighted by Gasteiger charge is -2.19. The van der Waals surface area contributed by atoms with E-state index in [9.17, 15) is 19.2 Å². The second-order valence-corrected chi connectivity index (χ2v) is 4.74. The number of ether oxygens (including phenoxy) is 1. The fourth-order valence-corrected chi connectivity index (χ4v) is 2.46. The van der Waals surface area contributed by atoms with Crippen LogP contribution in [0, 0.1) is 0 Å². The van der Waals surface area contributed by atoms with Crippen LogP contribution in [-0.4, -0.2) is 47.4 Å². The summed E-state index contributed by atoms with van der Waals surface area (Å²) in [6.45, 7) is -1.06. The molecule has 4 amide bonds. The summed E-state index contributed by atoms with van der Waals surface area (Å²) in [5.74, 6) is -2.03. The standard InChI is InChI=1S/C11H15N3O5/c12-7(15)6-19-8(16)5-14-9(17)11(13-10(14)18)3-1-2-4-11/h1-6H2,(H2,12,15)(H,13,18). The topological polar surface area (TPSA) is 119 Å². The largest absolute Gasteiger partial charge is 0.454 e. The Hall–Kier alpha value is -2.12. The van der Waals surface area contributed by atoms with Crippen LogP contribution in [0.5, 0.6) is 0 Å². The molecule has 2 rings (SSSR count). The predicted molar refractivity (Wildman–Crippen MR) is 61.6 cm³/mol. The number of urea groups is 1. The molecule has 2 aliphatic rings. The van der Waals surface area contributed by atoms with Gasteiger partial charge in [-0.2, -0.15) is 0 Å². The molecule has 0 aromatic rings. The number of imide groups is 1. The smallest absolute Gasteiger partial charge is 0.326 e. The summed E-state index contributed by atoms with van der Waals surface area (Å²) < 4.78 is 4.53. The van der Waals surface area contributed by atoms with Crippen LogP contribution >= 0.6 is 0 Å². The summed E-state index contributed by atoms with van der Waals surface area (Å²) in [6.07, 6.45) is 2.91. The van der Waals surface area contributed by atoms with Crippen LogP contribution in [0.25, 0.3) is 0 Å². The molecule has 1 saturated heterocycles. The average Bonchev–Trinajstić information content (AvgIpc) is 2.89. The number of hydrogen-bond donors (Lipinski definition) is 2.